The highest BCUT2D eigenvalue weighted by molar-refractivity contribution is 5.89. The van der Waals surface area contributed by atoms with E-state index < -0.39 is 60.7 Å². The Balaban J connectivity index is 1.36. The Morgan fingerprint density at radius 3 is 2.49 bits per heavy atom. The van der Waals surface area contributed by atoms with Crippen molar-refractivity contribution in [1.82, 2.24) is 20.2 Å². The van der Waals surface area contributed by atoms with Crippen molar-refractivity contribution in [3.8, 4) is 0 Å². The maximum Gasteiger partial charge on any atom is 0.249 e. The molecule has 1 aromatic carbocycles. The second-order valence-corrected chi connectivity index (χ2v) is 10.1. The fourth-order valence-corrected chi connectivity index (χ4v) is 5.16. The van der Waals surface area contributed by atoms with Gasteiger partial charge >= 0.3 is 0 Å². The van der Waals surface area contributed by atoms with Gasteiger partial charge in [-0.15, -0.1) is 0 Å². The molecule has 204 valence electrons. The van der Waals surface area contributed by atoms with Gasteiger partial charge in [0.1, 0.15) is 12.2 Å². The van der Waals surface area contributed by atoms with Gasteiger partial charge in [-0.3, -0.25) is 14.4 Å². The van der Waals surface area contributed by atoms with Gasteiger partial charge in [-0.25, -0.2) is 18.2 Å². The Labute approximate surface area is 221 Å². The molecule has 1 aliphatic carbocycles. The molecule has 1 saturated carbocycles. The standard InChI is InChI=1S/C28H26F4N4O3/c29-19-11-22(36(15-19)24(38)10-16-6-9-23(37)33-14-16)27(39)35-25(17-4-2-1-3-5-17)21-8-7-20(26(30)34-21)18-12-28(31,32)13-18/h1-9,14,18-19,22,25H,10-13,15H2,(H,33,37)(H,35,39)/t19-,22+,25+/m1/s1. The number of aromatic nitrogens is 2. The van der Waals surface area contributed by atoms with Gasteiger partial charge in [-0.2, -0.15) is 4.39 Å². The van der Waals surface area contributed by atoms with E-state index in [0.717, 1.165) is 0 Å². The first-order valence-corrected chi connectivity index (χ1v) is 12.6. The highest BCUT2D eigenvalue weighted by Gasteiger charge is 2.47. The van der Waals surface area contributed by atoms with Crippen molar-refractivity contribution in [1.29, 1.82) is 0 Å². The number of alkyl halides is 3. The van der Waals surface area contributed by atoms with Crippen molar-refractivity contribution < 1.29 is 27.2 Å². The first-order chi connectivity index (χ1) is 18.6. The number of nitrogens with zero attached hydrogens (tertiary/aromatic N) is 2. The second kappa shape index (κ2) is 10.6. The maximum atomic E-state index is 14.9. The fraction of sp³-hybridized carbons (Fsp3) is 0.357. The normalized spacial score (nSPS) is 21.3. The van der Waals surface area contributed by atoms with Gasteiger partial charge in [0.2, 0.25) is 29.2 Å². The topological polar surface area (TPSA) is 95.2 Å². The highest BCUT2D eigenvalue weighted by atomic mass is 19.3. The van der Waals surface area contributed by atoms with Gasteiger partial charge in [0.25, 0.3) is 0 Å². The lowest BCUT2D eigenvalue weighted by Crippen LogP contribution is -2.47. The molecular formula is C28H26F4N4O3. The minimum absolute atomic E-state index is 0.0953. The number of halogens is 4. The van der Waals surface area contributed by atoms with Crippen molar-refractivity contribution in [2.24, 2.45) is 0 Å². The van der Waals surface area contributed by atoms with Gasteiger partial charge < -0.3 is 15.2 Å². The maximum absolute atomic E-state index is 14.9. The van der Waals surface area contributed by atoms with Crippen LogP contribution < -0.4 is 10.9 Å². The summed E-state index contributed by atoms with van der Waals surface area (Å²) in [4.78, 5) is 45.3. The van der Waals surface area contributed by atoms with Crippen LogP contribution in [0.15, 0.2) is 65.6 Å². The molecule has 0 spiro atoms. The zero-order valence-corrected chi connectivity index (χ0v) is 20.7. The minimum Gasteiger partial charge on any atom is -0.342 e. The summed E-state index contributed by atoms with van der Waals surface area (Å²) < 4.78 is 56.0. The molecular weight excluding hydrogens is 516 g/mol. The predicted molar refractivity (Wildman–Crippen MR) is 133 cm³/mol. The van der Waals surface area contributed by atoms with Crippen LogP contribution in [0.5, 0.6) is 0 Å². The predicted octanol–water partition coefficient (Wildman–Crippen LogP) is 3.81. The van der Waals surface area contributed by atoms with Crippen LogP contribution in [0, 0.1) is 5.95 Å². The monoisotopic (exact) mass is 542 g/mol. The van der Waals surface area contributed by atoms with E-state index in [-0.39, 0.29) is 36.2 Å². The molecule has 11 heteroatoms. The van der Waals surface area contributed by atoms with Crippen molar-refractivity contribution in [3.63, 3.8) is 0 Å². The van der Waals surface area contributed by atoms with E-state index in [2.05, 4.69) is 15.3 Å². The van der Waals surface area contributed by atoms with E-state index in [1.54, 1.807) is 30.3 Å². The zero-order chi connectivity index (χ0) is 27.7. The number of nitrogens with one attached hydrogen (secondary N) is 2. The number of H-pyrrole nitrogens is 1. The third-order valence-electron chi connectivity index (χ3n) is 7.22. The Hall–Kier alpha value is -4.02. The van der Waals surface area contributed by atoms with Crippen molar-refractivity contribution in [2.45, 2.75) is 55.8 Å². The third-order valence-corrected chi connectivity index (χ3v) is 7.22. The molecule has 2 N–H and O–H groups in total. The molecule has 7 nitrogen and oxygen atoms in total. The average molecular weight is 543 g/mol. The van der Waals surface area contributed by atoms with E-state index in [4.69, 9.17) is 0 Å². The molecule has 3 aromatic rings. The molecule has 2 aromatic heterocycles. The number of benzene rings is 1. The van der Waals surface area contributed by atoms with Crippen LogP contribution in [-0.2, 0) is 16.0 Å². The van der Waals surface area contributed by atoms with Crippen LogP contribution in [0.2, 0.25) is 0 Å². The summed E-state index contributed by atoms with van der Waals surface area (Å²) in [6.45, 7) is -0.260. The molecule has 0 radical (unpaired) electrons. The molecule has 0 bridgehead atoms. The first kappa shape index (κ1) is 26.6. The van der Waals surface area contributed by atoms with Crippen LogP contribution in [0.3, 0.4) is 0 Å². The van der Waals surface area contributed by atoms with Gasteiger partial charge in [0, 0.05) is 37.1 Å². The quantitative estimate of drug-likeness (QED) is 0.351. The van der Waals surface area contributed by atoms with E-state index >= 15 is 0 Å². The summed E-state index contributed by atoms with van der Waals surface area (Å²) in [5, 5.41) is 2.79. The van der Waals surface area contributed by atoms with Crippen LogP contribution in [0.25, 0.3) is 0 Å². The number of hydrogen-bond acceptors (Lipinski definition) is 4. The Morgan fingerprint density at radius 2 is 1.85 bits per heavy atom. The molecule has 0 unspecified atom stereocenters. The van der Waals surface area contributed by atoms with Gasteiger partial charge in [0.05, 0.1) is 24.7 Å². The first-order valence-electron chi connectivity index (χ1n) is 12.6. The van der Waals surface area contributed by atoms with Crippen molar-refractivity contribution in [3.05, 3.63) is 99.5 Å². The molecule has 1 saturated heterocycles. The molecule has 3 heterocycles. The number of likely N-dealkylation sites (tertiary alicyclic amines) is 1. The van der Waals surface area contributed by atoms with E-state index in [9.17, 15) is 31.9 Å². The summed E-state index contributed by atoms with van der Waals surface area (Å²) >= 11 is 0. The van der Waals surface area contributed by atoms with Gasteiger partial charge in [0.15, 0.2) is 0 Å². The van der Waals surface area contributed by atoms with Gasteiger partial charge in [-0.05, 0) is 23.1 Å². The number of rotatable bonds is 7. The number of aromatic amines is 1. The second-order valence-electron chi connectivity index (χ2n) is 10.1. The minimum atomic E-state index is -2.81. The van der Waals surface area contributed by atoms with Crippen molar-refractivity contribution >= 4 is 11.8 Å². The lowest BCUT2D eigenvalue weighted by Gasteiger charge is -2.35. The van der Waals surface area contributed by atoms with Crippen LogP contribution in [0.4, 0.5) is 17.6 Å². The van der Waals surface area contributed by atoms with Gasteiger partial charge in [-0.1, -0.05) is 42.5 Å². The smallest absolute Gasteiger partial charge is 0.249 e. The van der Waals surface area contributed by atoms with Crippen molar-refractivity contribution in [2.75, 3.05) is 6.54 Å². The average Bonchev–Trinajstić information content (AvgIpc) is 3.29. The number of hydrogen-bond donors (Lipinski definition) is 2. The third kappa shape index (κ3) is 5.86. The molecule has 39 heavy (non-hydrogen) atoms. The summed E-state index contributed by atoms with van der Waals surface area (Å²) in [5.41, 5.74) is 0.985. The summed E-state index contributed by atoms with van der Waals surface area (Å²) in [5.74, 6) is -5.44. The summed E-state index contributed by atoms with van der Waals surface area (Å²) in [7, 11) is 0. The Bertz CT molecular complexity index is 1400. The van der Waals surface area contributed by atoms with Crippen LogP contribution in [0.1, 0.15) is 53.6 Å². The molecule has 3 atom stereocenters. The Kier molecular flexibility index (Phi) is 7.24. The zero-order valence-electron chi connectivity index (χ0n) is 20.7. The van der Waals surface area contributed by atoms with E-state index in [1.165, 1.54) is 35.4 Å². The van der Waals surface area contributed by atoms with E-state index in [0.29, 0.717) is 11.1 Å². The SMILES string of the molecule is O=C(N[C@@H](c1ccccc1)c1ccc(C2CC(F)(F)C2)c(F)n1)[C@@H]1C[C@@H](F)CN1C(=O)Cc1ccc(=O)[nH]c1. The highest BCUT2D eigenvalue weighted by Crippen LogP contribution is 2.48. The molecule has 2 fully saturated rings. The number of carbonyl (C=O) groups excluding carboxylic acids is 2. The molecule has 1 aliphatic heterocycles. The van der Waals surface area contributed by atoms with Crippen LogP contribution >= 0.6 is 0 Å². The lowest BCUT2D eigenvalue weighted by atomic mass is 9.77. The molecule has 2 aliphatic rings. The summed E-state index contributed by atoms with van der Waals surface area (Å²) in [6, 6.07) is 12.2. The number of amides is 2. The summed E-state index contributed by atoms with van der Waals surface area (Å²) in [6.07, 6.45) is -1.26. The largest absolute Gasteiger partial charge is 0.342 e. The number of carbonyl (C=O) groups is 2. The number of pyridine rings is 2. The molecule has 5 rings (SSSR count). The molecule has 2 amide bonds. The van der Waals surface area contributed by atoms with E-state index in [1.807, 2.05) is 0 Å². The lowest BCUT2D eigenvalue weighted by molar-refractivity contribution is -0.138. The Morgan fingerprint density at radius 1 is 1.10 bits per heavy atom. The van der Waals surface area contributed by atoms with Crippen LogP contribution in [-0.4, -0.2) is 51.4 Å². The fourth-order valence-electron chi connectivity index (χ4n) is 5.16.